The fourth-order valence-electron chi connectivity index (χ4n) is 2.23. The Morgan fingerprint density at radius 3 is 2.56 bits per heavy atom. The van der Waals surface area contributed by atoms with Crippen molar-refractivity contribution >= 4 is 17.5 Å². The summed E-state index contributed by atoms with van der Waals surface area (Å²) in [7, 11) is 1.55. The van der Waals surface area contributed by atoms with Gasteiger partial charge in [-0.2, -0.15) is 18.3 Å². The van der Waals surface area contributed by atoms with Gasteiger partial charge in [0, 0.05) is 25.3 Å². The van der Waals surface area contributed by atoms with E-state index >= 15 is 0 Å². The number of benzene rings is 1. The number of alkyl halides is 3. The van der Waals surface area contributed by atoms with Crippen molar-refractivity contribution in [1.82, 2.24) is 15.1 Å². The Labute approximate surface area is 147 Å². The molecule has 0 saturated carbocycles. The fraction of sp³-hybridized carbons (Fsp3) is 0.375. The highest BCUT2D eigenvalue weighted by molar-refractivity contribution is 6.30. The second kappa shape index (κ2) is 8.35. The second-order valence-electron chi connectivity index (χ2n) is 5.25. The molecule has 136 valence electrons. The number of amides is 1. The molecule has 0 unspecified atom stereocenters. The maximum atomic E-state index is 13.5. The Bertz CT molecular complexity index is 714. The number of carbonyl (C=O) groups excluding carboxylic acids is 1. The van der Waals surface area contributed by atoms with E-state index in [1.54, 1.807) is 7.11 Å². The predicted octanol–water partition coefficient (Wildman–Crippen LogP) is 3.70. The van der Waals surface area contributed by atoms with Crippen molar-refractivity contribution in [2.75, 3.05) is 20.3 Å². The van der Waals surface area contributed by atoms with Gasteiger partial charge in [-0.05, 0) is 37.1 Å². The van der Waals surface area contributed by atoms with E-state index in [1.165, 1.54) is 24.3 Å². The van der Waals surface area contributed by atoms with Crippen LogP contribution in [-0.4, -0.2) is 35.9 Å². The monoisotopic (exact) mass is 375 g/mol. The number of methoxy groups -OCH3 is 1. The van der Waals surface area contributed by atoms with Gasteiger partial charge < -0.3 is 10.1 Å². The molecule has 5 nitrogen and oxygen atoms in total. The van der Waals surface area contributed by atoms with E-state index in [0.717, 1.165) is 6.20 Å². The summed E-state index contributed by atoms with van der Waals surface area (Å²) in [5, 5.41) is 6.60. The summed E-state index contributed by atoms with van der Waals surface area (Å²) in [4.78, 5) is 12.1. The molecule has 1 aromatic carbocycles. The average Bonchev–Trinajstić information content (AvgIpc) is 3.00. The summed E-state index contributed by atoms with van der Waals surface area (Å²) < 4.78 is 46.0. The molecule has 0 aliphatic heterocycles. The summed E-state index contributed by atoms with van der Waals surface area (Å²) in [6.07, 6.45) is -2.51. The van der Waals surface area contributed by atoms with Crippen LogP contribution in [0.15, 0.2) is 30.5 Å². The lowest BCUT2D eigenvalue weighted by atomic mass is 10.2. The third kappa shape index (κ3) is 4.96. The fourth-order valence-corrected chi connectivity index (χ4v) is 2.36. The van der Waals surface area contributed by atoms with Crippen LogP contribution >= 0.6 is 11.6 Å². The number of aromatic nitrogens is 2. The SMILES string of the molecule is COCCCCNC(=O)c1cnn(-c2ccc(Cl)cc2)c1C(F)(F)F. The topological polar surface area (TPSA) is 56.1 Å². The Morgan fingerprint density at radius 2 is 1.96 bits per heavy atom. The lowest BCUT2D eigenvalue weighted by Crippen LogP contribution is -2.27. The first-order valence-electron chi connectivity index (χ1n) is 7.53. The molecule has 0 aliphatic rings. The normalized spacial score (nSPS) is 11.6. The molecule has 0 saturated heterocycles. The number of rotatable bonds is 7. The first-order valence-corrected chi connectivity index (χ1v) is 7.90. The molecule has 1 N–H and O–H groups in total. The Hall–Kier alpha value is -2.06. The zero-order valence-electron chi connectivity index (χ0n) is 13.4. The maximum Gasteiger partial charge on any atom is 0.434 e. The van der Waals surface area contributed by atoms with E-state index in [-0.39, 0.29) is 12.2 Å². The second-order valence-corrected chi connectivity index (χ2v) is 5.69. The molecular weight excluding hydrogens is 359 g/mol. The Kier molecular flexibility index (Phi) is 6.44. The van der Waals surface area contributed by atoms with Gasteiger partial charge in [0.1, 0.15) is 0 Å². The van der Waals surface area contributed by atoms with Gasteiger partial charge in [-0.1, -0.05) is 11.6 Å². The molecule has 0 aliphatic carbocycles. The average molecular weight is 376 g/mol. The van der Waals surface area contributed by atoms with Gasteiger partial charge in [-0.3, -0.25) is 4.79 Å². The maximum absolute atomic E-state index is 13.5. The highest BCUT2D eigenvalue weighted by Gasteiger charge is 2.40. The Morgan fingerprint density at radius 1 is 1.28 bits per heavy atom. The van der Waals surface area contributed by atoms with Crippen molar-refractivity contribution < 1.29 is 22.7 Å². The predicted molar refractivity (Wildman–Crippen MR) is 87.0 cm³/mol. The lowest BCUT2D eigenvalue weighted by Gasteiger charge is -2.13. The molecule has 0 spiro atoms. The minimum Gasteiger partial charge on any atom is -0.385 e. The lowest BCUT2D eigenvalue weighted by molar-refractivity contribution is -0.143. The number of halogens is 4. The molecule has 1 heterocycles. The van der Waals surface area contributed by atoms with Crippen molar-refractivity contribution in [1.29, 1.82) is 0 Å². The van der Waals surface area contributed by atoms with Crippen LogP contribution in [0.1, 0.15) is 28.9 Å². The summed E-state index contributed by atoms with van der Waals surface area (Å²) in [5.74, 6) is -0.815. The van der Waals surface area contributed by atoms with Crippen molar-refractivity contribution in [2.45, 2.75) is 19.0 Å². The summed E-state index contributed by atoms with van der Waals surface area (Å²) >= 11 is 5.75. The minimum atomic E-state index is -4.74. The number of hydrogen-bond acceptors (Lipinski definition) is 3. The quantitative estimate of drug-likeness (QED) is 0.751. The van der Waals surface area contributed by atoms with Gasteiger partial charge in [0.05, 0.1) is 17.4 Å². The standard InChI is InChI=1S/C16H17ClF3N3O2/c1-25-9-3-2-8-21-15(24)13-10-22-23(14(13)16(18,19)20)12-6-4-11(17)5-7-12/h4-7,10H,2-3,8-9H2,1H3,(H,21,24). The van der Waals surface area contributed by atoms with Crippen LogP contribution in [-0.2, 0) is 10.9 Å². The van der Waals surface area contributed by atoms with Crippen LogP contribution in [0.5, 0.6) is 0 Å². The molecule has 1 amide bonds. The molecule has 0 bridgehead atoms. The molecular formula is C16H17ClF3N3O2. The highest BCUT2D eigenvalue weighted by Crippen LogP contribution is 2.33. The third-order valence-corrected chi connectivity index (χ3v) is 3.67. The van der Waals surface area contributed by atoms with Crippen LogP contribution < -0.4 is 5.32 Å². The van der Waals surface area contributed by atoms with Crippen LogP contribution in [0.3, 0.4) is 0 Å². The molecule has 2 rings (SSSR count). The zero-order chi connectivity index (χ0) is 18.4. The van der Waals surface area contributed by atoms with Crippen molar-refractivity contribution in [3.8, 4) is 5.69 Å². The van der Waals surface area contributed by atoms with Gasteiger partial charge in [0.15, 0.2) is 5.69 Å². The van der Waals surface area contributed by atoms with Crippen molar-refractivity contribution in [3.05, 3.63) is 46.7 Å². The molecule has 25 heavy (non-hydrogen) atoms. The van der Waals surface area contributed by atoms with Gasteiger partial charge in [-0.15, -0.1) is 0 Å². The van der Waals surface area contributed by atoms with Crippen molar-refractivity contribution in [2.24, 2.45) is 0 Å². The number of hydrogen-bond donors (Lipinski definition) is 1. The van der Waals surface area contributed by atoms with Crippen LogP contribution in [0.4, 0.5) is 13.2 Å². The van der Waals surface area contributed by atoms with Gasteiger partial charge in [0.2, 0.25) is 0 Å². The molecule has 0 atom stereocenters. The number of ether oxygens (including phenoxy) is 1. The summed E-state index contributed by atoms with van der Waals surface area (Å²) in [5.41, 5.74) is -1.48. The van der Waals surface area contributed by atoms with E-state index < -0.39 is 23.3 Å². The smallest absolute Gasteiger partial charge is 0.385 e. The summed E-state index contributed by atoms with van der Waals surface area (Å²) in [6, 6.07) is 5.70. The number of unbranched alkanes of at least 4 members (excludes halogenated alkanes) is 1. The molecule has 9 heteroatoms. The first kappa shape index (κ1) is 19.3. The molecule has 2 aromatic rings. The largest absolute Gasteiger partial charge is 0.434 e. The van der Waals surface area contributed by atoms with Crippen molar-refractivity contribution in [3.63, 3.8) is 0 Å². The molecule has 0 fully saturated rings. The van der Waals surface area contributed by atoms with Crippen LogP contribution in [0.25, 0.3) is 5.69 Å². The first-order chi connectivity index (χ1) is 11.8. The number of nitrogens with zero attached hydrogens (tertiary/aromatic N) is 2. The Balaban J connectivity index is 2.24. The van der Waals surface area contributed by atoms with E-state index in [2.05, 4.69) is 10.4 Å². The van der Waals surface area contributed by atoms with Gasteiger partial charge >= 0.3 is 6.18 Å². The van der Waals surface area contributed by atoms with E-state index in [4.69, 9.17) is 16.3 Å². The van der Waals surface area contributed by atoms with Crippen LogP contribution in [0, 0.1) is 0 Å². The number of carbonyl (C=O) groups is 1. The third-order valence-electron chi connectivity index (χ3n) is 3.41. The zero-order valence-corrected chi connectivity index (χ0v) is 14.2. The van der Waals surface area contributed by atoms with Gasteiger partial charge in [-0.25, -0.2) is 4.68 Å². The van der Waals surface area contributed by atoms with Gasteiger partial charge in [0.25, 0.3) is 5.91 Å². The molecule has 1 aromatic heterocycles. The highest BCUT2D eigenvalue weighted by atomic mass is 35.5. The van der Waals surface area contributed by atoms with E-state index in [0.29, 0.717) is 29.2 Å². The summed E-state index contributed by atoms with van der Waals surface area (Å²) in [6.45, 7) is 0.782. The van der Waals surface area contributed by atoms with Crippen LogP contribution in [0.2, 0.25) is 5.02 Å². The molecule has 0 radical (unpaired) electrons. The van der Waals surface area contributed by atoms with E-state index in [9.17, 15) is 18.0 Å². The minimum absolute atomic E-state index is 0.163. The number of nitrogens with one attached hydrogen (secondary N) is 1. The van der Waals surface area contributed by atoms with E-state index in [1.807, 2.05) is 0 Å².